The van der Waals surface area contributed by atoms with Crippen LogP contribution in [-0.4, -0.2) is 20.5 Å². The molecule has 8 nitrogen and oxygen atoms in total. The summed E-state index contributed by atoms with van der Waals surface area (Å²) in [6.07, 6.45) is 2.84. The van der Waals surface area contributed by atoms with E-state index < -0.39 is 17.3 Å². The number of fused-ring (bicyclic) bond motifs is 1. The molecule has 1 atom stereocenters. The summed E-state index contributed by atoms with van der Waals surface area (Å²) in [5.41, 5.74) is 6.46. The number of rotatable bonds is 6. The predicted octanol–water partition coefficient (Wildman–Crippen LogP) is 4.43. The lowest BCUT2D eigenvalue weighted by Gasteiger charge is -2.17. The van der Waals surface area contributed by atoms with Crippen molar-refractivity contribution in [1.82, 2.24) is 14.5 Å². The van der Waals surface area contributed by atoms with Crippen LogP contribution in [0.2, 0.25) is 5.02 Å². The molecule has 0 saturated carbocycles. The number of hydrogen-bond donors (Lipinski definition) is 1. The highest BCUT2D eigenvalue weighted by atomic mass is 35.5. The van der Waals surface area contributed by atoms with Crippen LogP contribution in [0.1, 0.15) is 51.5 Å². The Morgan fingerprint density at radius 2 is 1.76 bits per heavy atom. The van der Waals surface area contributed by atoms with Crippen molar-refractivity contribution in [1.29, 1.82) is 0 Å². The molecule has 0 unspecified atom stereocenters. The molecular formula is C32H30ClFN4O4. The Hall–Kier alpha value is -4.60. The van der Waals surface area contributed by atoms with Crippen molar-refractivity contribution in [2.24, 2.45) is 0 Å². The van der Waals surface area contributed by atoms with Gasteiger partial charge in [-0.15, -0.1) is 0 Å². The number of carboxylic acid groups (broad SMARTS) is 1. The number of halogens is 2. The third-order valence-electron chi connectivity index (χ3n) is 6.59. The Morgan fingerprint density at radius 1 is 1.05 bits per heavy atom. The van der Waals surface area contributed by atoms with Gasteiger partial charge in [0.05, 0.1) is 17.4 Å². The van der Waals surface area contributed by atoms with Crippen molar-refractivity contribution >= 4 is 28.3 Å². The number of aryl methyl sites for hydroxylation is 3. The highest BCUT2D eigenvalue weighted by Gasteiger charge is 2.17. The fourth-order valence-corrected chi connectivity index (χ4v) is 4.47. The first kappa shape index (κ1) is 30.4. The highest BCUT2D eigenvalue weighted by Crippen LogP contribution is 2.26. The molecule has 3 N–H and O–H groups in total. The summed E-state index contributed by atoms with van der Waals surface area (Å²) in [6, 6.07) is 19.4. The SMILES string of the molecule is C[C@H]([NH3+])c1ccc2ccccc2c1.Cc1cnc(COc2cc(C)n(-c3cc(C(=O)[O-])ncc3C)c(=O)c2Cl)c(F)c1. The number of pyridine rings is 3. The fourth-order valence-electron chi connectivity index (χ4n) is 4.28. The number of quaternary nitrogens is 1. The molecule has 3 aromatic heterocycles. The number of carbonyl (C=O) groups is 1. The zero-order chi connectivity index (χ0) is 30.6. The van der Waals surface area contributed by atoms with E-state index in [1.165, 1.54) is 51.5 Å². The summed E-state index contributed by atoms with van der Waals surface area (Å²) in [4.78, 5) is 31.7. The number of carbonyl (C=O) groups excluding carboxylic acids is 1. The lowest BCUT2D eigenvalue weighted by atomic mass is 10.0. The summed E-state index contributed by atoms with van der Waals surface area (Å²) < 4.78 is 20.7. The van der Waals surface area contributed by atoms with Crippen LogP contribution < -0.4 is 21.1 Å². The number of carboxylic acids is 1. The molecule has 42 heavy (non-hydrogen) atoms. The molecule has 5 rings (SSSR count). The molecule has 0 spiro atoms. The summed E-state index contributed by atoms with van der Waals surface area (Å²) in [5.74, 6) is -1.91. The zero-order valence-corrected chi connectivity index (χ0v) is 24.4. The summed E-state index contributed by atoms with van der Waals surface area (Å²) in [6.45, 7) is 6.93. The first-order valence-corrected chi connectivity index (χ1v) is 13.5. The molecule has 2 aromatic carbocycles. The first-order valence-electron chi connectivity index (χ1n) is 13.1. The summed E-state index contributed by atoms with van der Waals surface area (Å²) >= 11 is 6.19. The largest absolute Gasteiger partial charge is 0.543 e. The third-order valence-corrected chi connectivity index (χ3v) is 6.93. The van der Waals surface area contributed by atoms with Crippen LogP contribution >= 0.6 is 11.6 Å². The molecule has 5 aromatic rings. The maximum atomic E-state index is 13.9. The van der Waals surface area contributed by atoms with Crippen LogP contribution in [0.15, 0.2) is 77.9 Å². The van der Waals surface area contributed by atoms with Crippen molar-refractivity contribution in [2.75, 3.05) is 0 Å². The van der Waals surface area contributed by atoms with Gasteiger partial charge in [-0.25, -0.2) is 4.39 Å². The minimum absolute atomic E-state index is 0.0685. The van der Waals surface area contributed by atoms with Crippen LogP contribution in [0, 0.1) is 26.6 Å². The van der Waals surface area contributed by atoms with E-state index in [9.17, 15) is 19.1 Å². The molecule has 0 aliphatic rings. The molecule has 10 heteroatoms. The molecule has 3 heterocycles. The maximum Gasteiger partial charge on any atom is 0.277 e. The van der Waals surface area contributed by atoms with E-state index >= 15 is 0 Å². The van der Waals surface area contributed by atoms with Crippen molar-refractivity contribution in [3.8, 4) is 11.4 Å². The lowest BCUT2D eigenvalue weighted by Crippen LogP contribution is -2.51. The molecule has 0 amide bonds. The Kier molecular flexibility index (Phi) is 9.35. The average Bonchev–Trinajstić information content (AvgIpc) is 2.96. The van der Waals surface area contributed by atoms with Gasteiger partial charge in [-0.05, 0) is 67.8 Å². The van der Waals surface area contributed by atoms with Gasteiger partial charge in [0.2, 0.25) is 0 Å². The number of benzene rings is 2. The monoisotopic (exact) mass is 588 g/mol. The Balaban J connectivity index is 0.000000258. The average molecular weight is 589 g/mol. The number of ether oxygens (including phenoxy) is 1. The topological polar surface area (TPSA) is 125 Å². The van der Waals surface area contributed by atoms with Crippen LogP contribution in [0.4, 0.5) is 4.39 Å². The van der Waals surface area contributed by atoms with E-state index in [2.05, 4.69) is 65.1 Å². The van der Waals surface area contributed by atoms with Gasteiger partial charge in [0.15, 0.2) is 0 Å². The molecule has 216 valence electrons. The van der Waals surface area contributed by atoms with E-state index in [1.807, 2.05) is 0 Å². The van der Waals surface area contributed by atoms with E-state index in [0.29, 0.717) is 28.6 Å². The first-order chi connectivity index (χ1) is 20.0. The normalized spacial score (nSPS) is 11.5. The second-order valence-corrected chi connectivity index (χ2v) is 10.4. The number of nitrogens with zero attached hydrogens (tertiary/aromatic N) is 3. The van der Waals surface area contributed by atoms with Crippen molar-refractivity contribution in [3.63, 3.8) is 0 Å². The third kappa shape index (κ3) is 6.82. The van der Waals surface area contributed by atoms with Gasteiger partial charge in [0.25, 0.3) is 5.56 Å². The minimum atomic E-state index is -1.46. The van der Waals surface area contributed by atoms with E-state index in [4.69, 9.17) is 16.3 Å². The smallest absolute Gasteiger partial charge is 0.277 e. The minimum Gasteiger partial charge on any atom is -0.543 e. The van der Waals surface area contributed by atoms with Gasteiger partial charge in [0.1, 0.15) is 34.9 Å². The van der Waals surface area contributed by atoms with Gasteiger partial charge >= 0.3 is 0 Å². The number of aromatic nitrogens is 3. The molecule has 0 saturated heterocycles. The van der Waals surface area contributed by atoms with E-state index in [1.54, 1.807) is 20.8 Å². The zero-order valence-electron chi connectivity index (χ0n) is 23.7. The molecule has 0 aliphatic carbocycles. The van der Waals surface area contributed by atoms with Gasteiger partial charge in [0, 0.05) is 29.7 Å². The van der Waals surface area contributed by atoms with Crippen LogP contribution in [0.25, 0.3) is 16.5 Å². The molecular weight excluding hydrogens is 559 g/mol. The molecule has 0 bridgehead atoms. The van der Waals surface area contributed by atoms with E-state index in [-0.39, 0.29) is 28.8 Å². The molecule has 0 fully saturated rings. The predicted molar refractivity (Wildman–Crippen MR) is 157 cm³/mol. The lowest BCUT2D eigenvalue weighted by molar-refractivity contribution is -0.420. The Bertz CT molecular complexity index is 1840. The standard InChI is InChI=1S/C20H17ClFN3O4.C12H13N/c1-10-4-13(22)15(23-7-10)9-29-17-5-12(3)25(19(26)18(17)21)16-6-14(20(27)28)24-8-11(16)2;1-9(13)11-7-6-10-4-2-3-5-12(10)8-11/h4-8H,9H2,1-3H3,(H,27,28);2-9H,13H2,1H3/t;9-/m.0/s1. The quantitative estimate of drug-likeness (QED) is 0.313. The van der Waals surface area contributed by atoms with Crippen molar-refractivity contribution in [3.05, 3.63) is 128 Å². The second kappa shape index (κ2) is 12.9. The van der Waals surface area contributed by atoms with E-state index in [0.717, 1.165) is 0 Å². The van der Waals surface area contributed by atoms with Crippen LogP contribution in [0.5, 0.6) is 5.75 Å². The van der Waals surface area contributed by atoms with Crippen molar-refractivity contribution in [2.45, 2.75) is 40.3 Å². The Morgan fingerprint density at radius 3 is 2.43 bits per heavy atom. The number of hydrogen-bond acceptors (Lipinski definition) is 6. The van der Waals surface area contributed by atoms with Gasteiger partial charge in [-0.3, -0.25) is 19.3 Å². The van der Waals surface area contributed by atoms with Gasteiger partial charge < -0.3 is 20.4 Å². The van der Waals surface area contributed by atoms with Crippen molar-refractivity contribution < 1.29 is 24.8 Å². The second-order valence-electron chi connectivity index (χ2n) is 9.99. The summed E-state index contributed by atoms with van der Waals surface area (Å²) in [5, 5.41) is 13.5. The Labute approximate surface area is 247 Å². The van der Waals surface area contributed by atoms with Crippen LogP contribution in [-0.2, 0) is 6.61 Å². The molecule has 0 aliphatic heterocycles. The number of aromatic carboxylic acids is 1. The van der Waals surface area contributed by atoms with Gasteiger partial charge in [-0.1, -0.05) is 48.0 Å². The maximum absolute atomic E-state index is 13.9. The summed E-state index contributed by atoms with van der Waals surface area (Å²) in [7, 11) is 0. The fraction of sp³-hybridized carbons (Fsp3) is 0.188. The van der Waals surface area contributed by atoms with Crippen LogP contribution in [0.3, 0.4) is 0 Å². The highest BCUT2D eigenvalue weighted by molar-refractivity contribution is 6.31. The van der Waals surface area contributed by atoms with Gasteiger partial charge in [-0.2, -0.15) is 0 Å². The molecule has 0 radical (unpaired) electrons.